The van der Waals surface area contributed by atoms with E-state index >= 15 is 0 Å². The molecule has 7 nitrogen and oxygen atoms in total. The van der Waals surface area contributed by atoms with E-state index in [1.807, 2.05) is 11.9 Å². The molecule has 1 aromatic carbocycles. The van der Waals surface area contributed by atoms with Gasteiger partial charge in [0.2, 0.25) is 0 Å². The van der Waals surface area contributed by atoms with E-state index in [4.69, 9.17) is 14.6 Å². The van der Waals surface area contributed by atoms with Crippen molar-refractivity contribution in [2.75, 3.05) is 31.2 Å². The Kier molecular flexibility index (Phi) is 7.94. The molecule has 2 aliphatic carbocycles. The van der Waals surface area contributed by atoms with E-state index in [0.717, 1.165) is 49.1 Å². The lowest BCUT2D eigenvalue weighted by Gasteiger charge is -2.39. The number of para-hydroxylation sites is 1. The van der Waals surface area contributed by atoms with Crippen LogP contribution in [0, 0.1) is 11.8 Å². The molecule has 7 heteroatoms. The molecule has 0 spiro atoms. The highest BCUT2D eigenvalue weighted by Crippen LogP contribution is 2.47. The van der Waals surface area contributed by atoms with E-state index in [-0.39, 0.29) is 30.7 Å². The SMILES string of the molecule is CCCOC(=O)CN1N=C(C2CCCCC2)c2ccccc2N(CC2(C3CCCC3)CO2)C1CC=O. The number of rotatable bonds is 10. The fraction of sp³-hybridized carbons (Fsp3) is 0.690. The lowest BCUT2D eigenvalue weighted by Crippen LogP contribution is -2.52. The van der Waals surface area contributed by atoms with Crippen molar-refractivity contribution in [3.63, 3.8) is 0 Å². The van der Waals surface area contributed by atoms with Crippen LogP contribution in [0.5, 0.6) is 0 Å². The van der Waals surface area contributed by atoms with Crippen LogP contribution in [0.4, 0.5) is 5.69 Å². The quantitative estimate of drug-likeness (QED) is 0.261. The number of carbonyl (C=O) groups is 2. The molecular weight excluding hydrogens is 454 g/mol. The van der Waals surface area contributed by atoms with Crippen LogP contribution in [0.2, 0.25) is 0 Å². The molecule has 4 aliphatic rings. The van der Waals surface area contributed by atoms with Crippen LogP contribution >= 0.6 is 0 Å². The van der Waals surface area contributed by atoms with Gasteiger partial charge < -0.3 is 19.2 Å². The van der Waals surface area contributed by atoms with Gasteiger partial charge in [-0.25, -0.2) is 0 Å². The Balaban J connectivity index is 1.55. The normalized spacial score (nSPS) is 26.8. The van der Waals surface area contributed by atoms with E-state index < -0.39 is 0 Å². The predicted octanol–water partition coefficient (Wildman–Crippen LogP) is 4.92. The maximum atomic E-state index is 12.8. The molecule has 196 valence electrons. The number of esters is 1. The number of carbonyl (C=O) groups excluding carboxylic acids is 2. The van der Waals surface area contributed by atoms with Crippen molar-refractivity contribution in [3.05, 3.63) is 29.8 Å². The minimum absolute atomic E-state index is 0.0382. The smallest absolute Gasteiger partial charge is 0.327 e. The summed E-state index contributed by atoms with van der Waals surface area (Å²) in [5, 5.41) is 7.04. The van der Waals surface area contributed by atoms with E-state index in [1.54, 1.807) is 0 Å². The van der Waals surface area contributed by atoms with Crippen molar-refractivity contribution in [2.24, 2.45) is 16.9 Å². The Labute approximate surface area is 215 Å². The molecule has 0 aromatic heterocycles. The number of hydrogen-bond donors (Lipinski definition) is 0. The Morgan fingerprint density at radius 2 is 1.86 bits per heavy atom. The zero-order chi connectivity index (χ0) is 25.0. The lowest BCUT2D eigenvalue weighted by atomic mass is 9.82. The summed E-state index contributed by atoms with van der Waals surface area (Å²) in [7, 11) is 0. The summed E-state index contributed by atoms with van der Waals surface area (Å²) in [6.45, 7) is 3.90. The third kappa shape index (κ3) is 5.31. The number of aldehydes is 1. The number of epoxide rings is 1. The number of nitrogens with zero attached hydrogens (tertiary/aromatic N) is 3. The summed E-state index contributed by atoms with van der Waals surface area (Å²) in [6, 6.07) is 8.48. The molecular formula is C29H41N3O4. The van der Waals surface area contributed by atoms with Gasteiger partial charge in [-0.3, -0.25) is 9.80 Å². The first-order valence-electron chi connectivity index (χ1n) is 14.1. The van der Waals surface area contributed by atoms with Crippen molar-refractivity contribution >= 4 is 23.7 Å². The van der Waals surface area contributed by atoms with Gasteiger partial charge in [0.25, 0.3) is 0 Å². The molecule has 0 bridgehead atoms. The largest absolute Gasteiger partial charge is 0.464 e. The second-order valence-corrected chi connectivity index (χ2v) is 11.0. The Morgan fingerprint density at radius 1 is 1.14 bits per heavy atom. The summed E-state index contributed by atoms with van der Waals surface area (Å²) in [5.41, 5.74) is 3.12. The van der Waals surface area contributed by atoms with E-state index in [9.17, 15) is 9.59 Å². The molecule has 5 rings (SSSR count). The van der Waals surface area contributed by atoms with Crippen LogP contribution in [0.1, 0.15) is 83.1 Å². The molecule has 36 heavy (non-hydrogen) atoms. The standard InChI is InChI=1S/C29H41N3O4/c1-2-18-35-27(34)19-32-26(16-17-33)31(20-29(21-36-29)23-12-6-7-13-23)25-15-9-8-14-24(25)28(30-32)22-10-4-3-5-11-22/h8-9,14-15,17,22-23,26H,2-7,10-13,16,18-21H2,1H3. The van der Waals surface area contributed by atoms with Crippen molar-refractivity contribution in [1.82, 2.24) is 5.01 Å². The first-order chi connectivity index (χ1) is 17.6. The van der Waals surface area contributed by atoms with Crippen LogP contribution < -0.4 is 4.90 Å². The first kappa shape index (κ1) is 25.2. The molecule has 2 heterocycles. The lowest BCUT2D eigenvalue weighted by molar-refractivity contribution is -0.145. The van der Waals surface area contributed by atoms with Gasteiger partial charge in [-0.15, -0.1) is 0 Å². The van der Waals surface area contributed by atoms with Crippen molar-refractivity contribution in [1.29, 1.82) is 0 Å². The minimum Gasteiger partial charge on any atom is -0.464 e. The van der Waals surface area contributed by atoms with E-state index in [1.165, 1.54) is 44.9 Å². The number of ether oxygens (including phenoxy) is 2. The summed E-state index contributed by atoms with van der Waals surface area (Å²) >= 11 is 0. The molecule has 0 N–H and O–H groups in total. The zero-order valence-corrected chi connectivity index (χ0v) is 21.7. The van der Waals surface area contributed by atoms with Gasteiger partial charge in [0.15, 0.2) is 0 Å². The summed E-state index contributed by atoms with van der Waals surface area (Å²) in [4.78, 5) is 27.2. The first-order valence-corrected chi connectivity index (χ1v) is 14.1. The third-order valence-corrected chi connectivity index (χ3v) is 8.54. The van der Waals surface area contributed by atoms with E-state index in [2.05, 4.69) is 29.2 Å². The summed E-state index contributed by atoms with van der Waals surface area (Å²) in [5.74, 6) is 0.608. The molecule has 1 aromatic rings. The van der Waals surface area contributed by atoms with Gasteiger partial charge >= 0.3 is 5.97 Å². The van der Waals surface area contributed by atoms with Crippen molar-refractivity contribution in [3.8, 4) is 0 Å². The number of benzene rings is 1. The van der Waals surface area contributed by atoms with Crippen molar-refractivity contribution in [2.45, 2.75) is 89.3 Å². The van der Waals surface area contributed by atoms with Crippen LogP contribution in [0.15, 0.2) is 29.4 Å². The van der Waals surface area contributed by atoms with Gasteiger partial charge in [0, 0.05) is 23.6 Å². The highest BCUT2D eigenvalue weighted by molar-refractivity contribution is 6.07. The number of anilines is 1. The number of fused-ring (bicyclic) bond motifs is 1. The maximum Gasteiger partial charge on any atom is 0.327 e. The number of hydrogen-bond acceptors (Lipinski definition) is 7. The predicted molar refractivity (Wildman–Crippen MR) is 140 cm³/mol. The average molecular weight is 496 g/mol. The maximum absolute atomic E-state index is 12.8. The van der Waals surface area contributed by atoms with Crippen LogP contribution in [0.3, 0.4) is 0 Å². The molecule has 2 unspecified atom stereocenters. The molecule has 0 amide bonds. The summed E-state index contributed by atoms with van der Waals surface area (Å²) < 4.78 is 11.7. The van der Waals surface area contributed by atoms with Crippen LogP contribution in [0.25, 0.3) is 0 Å². The van der Waals surface area contributed by atoms with Crippen LogP contribution in [-0.4, -0.2) is 61.0 Å². The molecule has 2 saturated carbocycles. The van der Waals surface area contributed by atoms with Gasteiger partial charge in [-0.1, -0.05) is 57.2 Å². The number of hydrazone groups is 1. The van der Waals surface area contributed by atoms with Gasteiger partial charge in [-0.05, 0) is 44.1 Å². The van der Waals surface area contributed by atoms with Crippen LogP contribution in [-0.2, 0) is 19.1 Å². The minimum atomic E-state index is -0.360. The fourth-order valence-corrected chi connectivity index (χ4v) is 6.55. The Bertz CT molecular complexity index is 948. The molecule has 2 atom stereocenters. The summed E-state index contributed by atoms with van der Waals surface area (Å²) in [6.07, 6.45) is 12.4. The van der Waals surface area contributed by atoms with Crippen molar-refractivity contribution < 1.29 is 19.1 Å². The van der Waals surface area contributed by atoms with E-state index in [0.29, 0.717) is 25.0 Å². The second kappa shape index (κ2) is 11.3. The molecule has 2 aliphatic heterocycles. The van der Waals surface area contributed by atoms with Gasteiger partial charge in [0.1, 0.15) is 24.6 Å². The fourth-order valence-electron chi connectivity index (χ4n) is 6.55. The molecule has 3 fully saturated rings. The molecule has 1 saturated heterocycles. The van der Waals surface area contributed by atoms with Gasteiger partial charge in [0.05, 0.1) is 25.5 Å². The van der Waals surface area contributed by atoms with Gasteiger partial charge in [-0.2, -0.15) is 5.10 Å². The zero-order valence-electron chi connectivity index (χ0n) is 21.7. The topological polar surface area (TPSA) is 74.7 Å². The second-order valence-electron chi connectivity index (χ2n) is 11.0. The molecule has 0 radical (unpaired) electrons. The third-order valence-electron chi connectivity index (χ3n) is 8.54. The highest BCUT2D eigenvalue weighted by Gasteiger charge is 2.54. The highest BCUT2D eigenvalue weighted by atomic mass is 16.6. The average Bonchev–Trinajstić information content (AvgIpc) is 3.50. The monoisotopic (exact) mass is 495 g/mol. The Hall–Kier alpha value is -2.41. The Morgan fingerprint density at radius 3 is 2.56 bits per heavy atom.